The van der Waals surface area contributed by atoms with Crippen molar-refractivity contribution in [2.45, 2.75) is 44.6 Å². The second-order valence-corrected chi connectivity index (χ2v) is 8.32. The minimum Gasteiger partial charge on any atom is -0.462 e. The first-order valence-corrected chi connectivity index (χ1v) is 11.2. The molecule has 8 heteroatoms. The van der Waals surface area contributed by atoms with Crippen molar-refractivity contribution in [1.29, 1.82) is 0 Å². The van der Waals surface area contributed by atoms with Crippen molar-refractivity contribution >= 4 is 29.5 Å². The molecule has 1 aliphatic carbocycles. The lowest BCUT2D eigenvalue weighted by molar-refractivity contribution is -0.131. The number of benzene rings is 2. The molecule has 4 amide bonds. The standard InChI is InChI=1S/C25H27N3O5/c1-2-33-22(30)19-16-18(17-8-4-3-5-9-17)10-11-20(19)26-21(29)12-15-28-23(31)25(27-24(28)32)13-6-7-14-25/h3-5,8-11,16H,2,6-7,12-15H2,1H3,(H,26,29)(H,27,32). The number of imide groups is 1. The van der Waals surface area contributed by atoms with Gasteiger partial charge in [-0.3, -0.25) is 14.5 Å². The zero-order valence-electron chi connectivity index (χ0n) is 18.6. The highest BCUT2D eigenvalue weighted by Gasteiger charge is 2.52. The topological polar surface area (TPSA) is 105 Å². The Morgan fingerprint density at radius 1 is 1.06 bits per heavy atom. The van der Waals surface area contributed by atoms with Crippen LogP contribution in [0.1, 0.15) is 49.4 Å². The molecule has 2 fully saturated rings. The highest BCUT2D eigenvalue weighted by Crippen LogP contribution is 2.35. The van der Waals surface area contributed by atoms with E-state index in [-0.39, 0.29) is 31.0 Å². The van der Waals surface area contributed by atoms with Crippen LogP contribution in [-0.2, 0) is 14.3 Å². The van der Waals surface area contributed by atoms with Gasteiger partial charge in [0.1, 0.15) is 5.54 Å². The number of ether oxygens (including phenoxy) is 1. The van der Waals surface area contributed by atoms with Crippen molar-refractivity contribution in [3.05, 3.63) is 54.1 Å². The normalized spacial score (nSPS) is 16.7. The summed E-state index contributed by atoms with van der Waals surface area (Å²) in [7, 11) is 0. The summed E-state index contributed by atoms with van der Waals surface area (Å²) in [5.41, 5.74) is 1.52. The number of carbonyl (C=O) groups excluding carboxylic acids is 4. The first-order chi connectivity index (χ1) is 15.9. The molecule has 0 unspecified atom stereocenters. The van der Waals surface area contributed by atoms with Gasteiger partial charge in [0.25, 0.3) is 5.91 Å². The monoisotopic (exact) mass is 449 g/mol. The second kappa shape index (κ2) is 9.44. The highest BCUT2D eigenvalue weighted by atomic mass is 16.5. The molecule has 2 N–H and O–H groups in total. The van der Waals surface area contributed by atoms with Gasteiger partial charge >= 0.3 is 12.0 Å². The van der Waals surface area contributed by atoms with E-state index in [9.17, 15) is 19.2 Å². The van der Waals surface area contributed by atoms with Crippen LogP contribution in [0.15, 0.2) is 48.5 Å². The molecule has 2 aromatic carbocycles. The van der Waals surface area contributed by atoms with Crippen LogP contribution < -0.4 is 10.6 Å². The Labute approximate surface area is 192 Å². The van der Waals surface area contributed by atoms with Crippen LogP contribution >= 0.6 is 0 Å². The van der Waals surface area contributed by atoms with Gasteiger partial charge < -0.3 is 15.4 Å². The van der Waals surface area contributed by atoms with E-state index in [2.05, 4.69) is 10.6 Å². The molecular formula is C25H27N3O5. The number of hydrogen-bond acceptors (Lipinski definition) is 5. The molecule has 2 aromatic rings. The summed E-state index contributed by atoms with van der Waals surface area (Å²) in [6, 6.07) is 14.3. The van der Waals surface area contributed by atoms with Crippen molar-refractivity contribution in [2.75, 3.05) is 18.5 Å². The predicted molar refractivity (Wildman–Crippen MR) is 123 cm³/mol. The van der Waals surface area contributed by atoms with Crippen molar-refractivity contribution in [2.24, 2.45) is 0 Å². The highest BCUT2D eigenvalue weighted by molar-refractivity contribution is 6.08. The van der Waals surface area contributed by atoms with E-state index in [0.29, 0.717) is 18.5 Å². The molecule has 0 radical (unpaired) electrons. The summed E-state index contributed by atoms with van der Waals surface area (Å²) in [5, 5.41) is 5.54. The maximum absolute atomic E-state index is 12.7. The van der Waals surface area contributed by atoms with E-state index in [1.165, 1.54) is 0 Å². The number of nitrogens with zero attached hydrogens (tertiary/aromatic N) is 1. The zero-order chi connectivity index (χ0) is 23.4. The molecule has 1 saturated heterocycles. The van der Waals surface area contributed by atoms with Gasteiger partial charge in [-0.2, -0.15) is 0 Å². The summed E-state index contributed by atoms with van der Waals surface area (Å²) < 4.78 is 5.17. The van der Waals surface area contributed by atoms with E-state index in [0.717, 1.165) is 28.9 Å². The van der Waals surface area contributed by atoms with Crippen LogP contribution in [-0.4, -0.2) is 47.4 Å². The van der Waals surface area contributed by atoms with Gasteiger partial charge in [-0.15, -0.1) is 0 Å². The van der Waals surface area contributed by atoms with E-state index in [1.807, 2.05) is 36.4 Å². The number of amides is 4. The molecule has 1 heterocycles. The quantitative estimate of drug-likeness (QED) is 0.495. The Balaban J connectivity index is 1.46. The van der Waals surface area contributed by atoms with E-state index >= 15 is 0 Å². The van der Waals surface area contributed by atoms with Gasteiger partial charge in [0.2, 0.25) is 5.91 Å². The van der Waals surface area contributed by atoms with E-state index < -0.39 is 23.4 Å². The number of urea groups is 1. The van der Waals surface area contributed by atoms with Crippen molar-refractivity contribution in [3.63, 3.8) is 0 Å². The molecule has 8 nitrogen and oxygen atoms in total. The van der Waals surface area contributed by atoms with Gasteiger partial charge in [0.15, 0.2) is 0 Å². The average molecular weight is 450 g/mol. The molecule has 1 aliphatic heterocycles. The summed E-state index contributed by atoms with van der Waals surface area (Å²) in [6.45, 7) is 1.90. The second-order valence-electron chi connectivity index (χ2n) is 8.32. The van der Waals surface area contributed by atoms with Gasteiger partial charge in [-0.1, -0.05) is 49.2 Å². The van der Waals surface area contributed by atoms with Crippen LogP contribution in [0.4, 0.5) is 10.5 Å². The fraction of sp³-hybridized carbons (Fsp3) is 0.360. The van der Waals surface area contributed by atoms with Crippen molar-refractivity contribution in [3.8, 4) is 11.1 Å². The molecule has 0 atom stereocenters. The van der Waals surface area contributed by atoms with Crippen molar-refractivity contribution in [1.82, 2.24) is 10.2 Å². The number of carbonyl (C=O) groups is 4. The Morgan fingerprint density at radius 3 is 2.48 bits per heavy atom. The fourth-order valence-electron chi connectivity index (χ4n) is 4.46. The summed E-state index contributed by atoms with van der Waals surface area (Å²) >= 11 is 0. The van der Waals surface area contributed by atoms with Crippen LogP contribution in [0.3, 0.4) is 0 Å². The molecule has 1 spiro atoms. The third-order valence-corrected chi connectivity index (χ3v) is 6.16. The fourth-order valence-corrected chi connectivity index (χ4v) is 4.46. The van der Waals surface area contributed by atoms with Gasteiger partial charge in [0.05, 0.1) is 17.9 Å². The molecular weight excluding hydrogens is 422 g/mol. The minimum atomic E-state index is -0.794. The first kappa shape index (κ1) is 22.5. The summed E-state index contributed by atoms with van der Waals surface area (Å²) in [6.07, 6.45) is 3.00. The summed E-state index contributed by atoms with van der Waals surface area (Å²) in [5.74, 6) is -1.19. The van der Waals surface area contributed by atoms with Gasteiger partial charge in [-0.25, -0.2) is 9.59 Å². The van der Waals surface area contributed by atoms with Gasteiger partial charge in [-0.05, 0) is 43.0 Å². The maximum Gasteiger partial charge on any atom is 0.340 e. The minimum absolute atomic E-state index is 0.0188. The van der Waals surface area contributed by atoms with Gasteiger partial charge in [0, 0.05) is 13.0 Å². The number of rotatable bonds is 7. The molecule has 33 heavy (non-hydrogen) atoms. The Bertz CT molecular complexity index is 1080. The molecule has 4 rings (SSSR count). The Hall–Kier alpha value is -3.68. The molecule has 172 valence electrons. The number of esters is 1. The molecule has 0 bridgehead atoms. The lowest BCUT2D eigenvalue weighted by Gasteiger charge is -2.20. The van der Waals surface area contributed by atoms with Crippen molar-refractivity contribution < 1.29 is 23.9 Å². The number of nitrogens with one attached hydrogen (secondary N) is 2. The van der Waals surface area contributed by atoms with E-state index in [4.69, 9.17) is 4.74 Å². The smallest absolute Gasteiger partial charge is 0.340 e. The Kier molecular flexibility index (Phi) is 6.44. The van der Waals surface area contributed by atoms with Crippen LogP contribution in [0.2, 0.25) is 0 Å². The van der Waals surface area contributed by atoms with Crippen LogP contribution in [0, 0.1) is 0 Å². The van der Waals surface area contributed by atoms with E-state index in [1.54, 1.807) is 19.1 Å². The van der Waals surface area contributed by atoms with Crippen LogP contribution in [0.25, 0.3) is 11.1 Å². The number of anilines is 1. The number of hydrogen-bond donors (Lipinski definition) is 2. The lowest BCUT2D eigenvalue weighted by atomic mass is 9.98. The third kappa shape index (κ3) is 4.60. The first-order valence-electron chi connectivity index (χ1n) is 11.2. The van der Waals surface area contributed by atoms with Crippen LogP contribution in [0.5, 0.6) is 0 Å². The summed E-state index contributed by atoms with van der Waals surface area (Å²) in [4.78, 5) is 51.4. The molecule has 0 aromatic heterocycles. The molecule has 1 saturated carbocycles. The zero-order valence-corrected chi connectivity index (χ0v) is 18.6. The SMILES string of the molecule is CCOC(=O)c1cc(-c2ccccc2)ccc1NC(=O)CCN1C(=O)NC2(CCCC2)C1=O. The maximum atomic E-state index is 12.7. The third-order valence-electron chi connectivity index (χ3n) is 6.16. The molecule has 2 aliphatic rings. The predicted octanol–water partition coefficient (Wildman–Crippen LogP) is 3.72. The Morgan fingerprint density at radius 2 is 1.79 bits per heavy atom. The average Bonchev–Trinajstić information content (AvgIpc) is 3.38. The largest absolute Gasteiger partial charge is 0.462 e. The lowest BCUT2D eigenvalue weighted by Crippen LogP contribution is -2.44.